The van der Waals surface area contributed by atoms with Crippen molar-refractivity contribution in [1.29, 1.82) is 0 Å². The first-order chi connectivity index (χ1) is 9.99. The van der Waals surface area contributed by atoms with Gasteiger partial charge in [0.15, 0.2) is 0 Å². The predicted octanol–water partition coefficient (Wildman–Crippen LogP) is 5.19. The van der Waals surface area contributed by atoms with Gasteiger partial charge in [0.05, 0.1) is 0 Å². The molecule has 1 amide bonds. The number of halogens is 1. The number of amides is 1. The Kier molecular flexibility index (Phi) is 5.86. The van der Waals surface area contributed by atoms with E-state index in [9.17, 15) is 4.79 Å². The summed E-state index contributed by atoms with van der Waals surface area (Å²) in [6.07, 6.45) is 5.92. The van der Waals surface area contributed by atoms with Gasteiger partial charge in [-0.2, -0.15) is 0 Å². The van der Waals surface area contributed by atoms with E-state index in [-0.39, 0.29) is 5.91 Å². The highest BCUT2D eigenvalue weighted by atomic mass is 79.9. The Morgan fingerprint density at radius 3 is 2.57 bits per heavy atom. The number of carbonyl (C=O) groups is 1. The first-order valence-corrected chi connectivity index (χ1v) is 8.85. The highest BCUT2D eigenvalue weighted by Crippen LogP contribution is 2.27. The standard InChI is InChI=1S/C18H26BrNO/c1-13(2)10-11-20(16-6-4-5-7-16)18(21)15-9-8-14(3)17(19)12-15/h8-9,12-13,16H,4-7,10-11H2,1-3H3. The zero-order valence-corrected chi connectivity index (χ0v) is 14.9. The second-order valence-electron chi connectivity index (χ2n) is 6.58. The van der Waals surface area contributed by atoms with Crippen LogP contribution in [-0.4, -0.2) is 23.4 Å². The predicted molar refractivity (Wildman–Crippen MR) is 91.6 cm³/mol. The van der Waals surface area contributed by atoms with Crippen LogP contribution in [0.1, 0.15) is 61.9 Å². The van der Waals surface area contributed by atoms with E-state index in [0.29, 0.717) is 12.0 Å². The summed E-state index contributed by atoms with van der Waals surface area (Å²) < 4.78 is 1.02. The number of nitrogens with zero attached hydrogens (tertiary/aromatic N) is 1. The maximum absolute atomic E-state index is 12.9. The average Bonchev–Trinajstić information content (AvgIpc) is 2.95. The molecule has 0 saturated heterocycles. The Bertz CT molecular complexity index is 492. The molecule has 1 aromatic rings. The zero-order chi connectivity index (χ0) is 15.4. The number of hydrogen-bond acceptors (Lipinski definition) is 1. The number of rotatable bonds is 5. The lowest BCUT2D eigenvalue weighted by atomic mass is 10.1. The van der Waals surface area contributed by atoms with Crippen LogP contribution in [0.2, 0.25) is 0 Å². The third-order valence-corrected chi connectivity index (χ3v) is 5.25. The van der Waals surface area contributed by atoms with Gasteiger partial charge in [-0.15, -0.1) is 0 Å². The third kappa shape index (κ3) is 4.32. The van der Waals surface area contributed by atoms with E-state index in [2.05, 4.69) is 34.7 Å². The lowest BCUT2D eigenvalue weighted by Gasteiger charge is -2.30. The van der Waals surface area contributed by atoms with Crippen molar-refractivity contribution in [3.8, 4) is 0 Å². The molecule has 0 heterocycles. The van der Waals surface area contributed by atoms with Crippen LogP contribution < -0.4 is 0 Å². The van der Waals surface area contributed by atoms with Crippen molar-refractivity contribution in [2.24, 2.45) is 5.92 Å². The molecule has 116 valence electrons. The summed E-state index contributed by atoms with van der Waals surface area (Å²) in [7, 11) is 0. The molecule has 1 aliphatic rings. The van der Waals surface area contributed by atoms with Crippen LogP contribution in [0.4, 0.5) is 0 Å². The van der Waals surface area contributed by atoms with Gasteiger partial charge < -0.3 is 4.90 Å². The Morgan fingerprint density at radius 2 is 2.00 bits per heavy atom. The van der Waals surface area contributed by atoms with Crippen LogP contribution in [-0.2, 0) is 0 Å². The molecule has 0 bridgehead atoms. The smallest absolute Gasteiger partial charge is 0.254 e. The average molecular weight is 352 g/mol. The van der Waals surface area contributed by atoms with Crippen LogP contribution in [0.5, 0.6) is 0 Å². The molecule has 0 unspecified atom stereocenters. The number of aryl methyl sites for hydroxylation is 1. The van der Waals surface area contributed by atoms with Crippen molar-refractivity contribution in [2.45, 2.75) is 58.9 Å². The number of hydrogen-bond donors (Lipinski definition) is 0. The van der Waals surface area contributed by atoms with Gasteiger partial charge in [-0.3, -0.25) is 4.79 Å². The Balaban J connectivity index is 2.17. The molecular formula is C18H26BrNO. The van der Waals surface area contributed by atoms with Crippen molar-refractivity contribution in [2.75, 3.05) is 6.54 Å². The number of carbonyl (C=O) groups excluding carboxylic acids is 1. The molecule has 1 aliphatic carbocycles. The van der Waals surface area contributed by atoms with Gasteiger partial charge in [0, 0.05) is 22.6 Å². The van der Waals surface area contributed by atoms with E-state index < -0.39 is 0 Å². The number of benzene rings is 1. The summed E-state index contributed by atoms with van der Waals surface area (Å²) in [6.45, 7) is 7.37. The highest BCUT2D eigenvalue weighted by Gasteiger charge is 2.27. The summed E-state index contributed by atoms with van der Waals surface area (Å²) in [4.78, 5) is 15.0. The second-order valence-corrected chi connectivity index (χ2v) is 7.44. The van der Waals surface area contributed by atoms with Crippen LogP contribution >= 0.6 is 15.9 Å². The van der Waals surface area contributed by atoms with Gasteiger partial charge in [-0.1, -0.05) is 48.7 Å². The fourth-order valence-electron chi connectivity index (χ4n) is 2.95. The Hall–Kier alpha value is -0.830. The molecule has 0 spiro atoms. The maximum atomic E-state index is 12.9. The van der Waals surface area contributed by atoms with Crippen molar-refractivity contribution >= 4 is 21.8 Å². The van der Waals surface area contributed by atoms with Crippen molar-refractivity contribution in [3.05, 3.63) is 33.8 Å². The van der Waals surface area contributed by atoms with Gasteiger partial charge in [0.1, 0.15) is 0 Å². The van der Waals surface area contributed by atoms with Gasteiger partial charge >= 0.3 is 0 Å². The highest BCUT2D eigenvalue weighted by molar-refractivity contribution is 9.10. The van der Waals surface area contributed by atoms with Crippen molar-refractivity contribution in [1.82, 2.24) is 4.90 Å². The fourth-order valence-corrected chi connectivity index (χ4v) is 3.33. The summed E-state index contributed by atoms with van der Waals surface area (Å²) in [6, 6.07) is 6.39. The van der Waals surface area contributed by atoms with Crippen LogP contribution in [0, 0.1) is 12.8 Å². The van der Waals surface area contributed by atoms with Gasteiger partial charge in [0.2, 0.25) is 0 Å². The van der Waals surface area contributed by atoms with E-state index in [1.54, 1.807) is 0 Å². The largest absolute Gasteiger partial charge is 0.336 e. The molecular weight excluding hydrogens is 326 g/mol. The summed E-state index contributed by atoms with van der Waals surface area (Å²) in [5.41, 5.74) is 1.98. The van der Waals surface area contributed by atoms with E-state index in [4.69, 9.17) is 0 Å². The molecule has 21 heavy (non-hydrogen) atoms. The summed E-state index contributed by atoms with van der Waals surface area (Å²) in [5.74, 6) is 0.828. The van der Waals surface area contributed by atoms with Crippen LogP contribution in [0.3, 0.4) is 0 Å². The lowest BCUT2D eigenvalue weighted by molar-refractivity contribution is 0.0672. The molecule has 1 fully saturated rings. The topological polar surface area (TPSA) is 20.3 Å². The van der Waals surface area contributed by atoms with E-state index in [0.717, 1.165) is 35.8 Å². The molecule has 1 aromatic carbocycles. The van der Waals surface area contributed by atoms with E-state index in [1.807, 2.05) is 25.1 Å². The molecule has 3 heteroatoms. The minimum absolute atomic E-state index is 0.197. The first-order valence-electron chi connectivity index (χ1n) is 8.06. The molecule has 0 N–H and O–H groups in total. The molecule has 0 radical (unpaired) electrons. The third-order valence-electron chi connectivity index (χ3n) is 4.39. The fraction of sp³-hybridized carbons (Fsp3) is 0.611. The molecule has 2 nitrogen and oxygen atoms in total. The maximum Gasteiger partial charge on any atom is 0.254 e. The Labute approximate surface area is 137 Å². The molecule has 0 aliphatic heterocycles. The second kappa shape index (κ2) is 7.44. The molecule has 0 atom stereocenters. The molecule has 0 aromatic heterocycles. The lowest BCUT2D eigenvalue weighted by Crippen LogP contribution is -2.40. The van der Waals surface area contributed by atoms with E-state index in [1.165, 1.54) is 18.4 Å². The SMILES string of the molecule is Cc1ccc(C(=O)N(CCC(C)C)C2CCCC2)cc1Br. The normalized spacial score (nSPS) is 15.7. The van der Waals surface area contributed by atoms with Gasteiger partial charge in [-0.25, -0.2) is 0 Å². The summed E-state index contributed by atoms with van der Waals surface area (Å²) in [5, 5.41) is 0. The molecule has 2 rings (SSSR count). The summed E-state index contributed by atoms with van der Waals surface area (Å²) >= 11 is 3.54. The Morgan fingerprint density at radius 1 is 1.33 bits per heavy atom. The monoisotopic (exact) mass is 351 g/mol. The van der Waals surface area contributed by atoms with Gasteiger partial charge in [-0.05, 0) is 49.8 Å². The van der Waals surface area contributed by atoms with Crippen LogP contribution in [0.25, 0.3) is 0 Å². The minimum atomic E-state index is 0.197. The molecule has 1 saturated carbocycles. The quantitative estimate of drug-likeness (QED) is 0.714. The van der Waals surface area contributed by atoms with Crippen LogP contribution in [0.15, 0.2) is 22.7 Å². The minimum Gasteiger partial charge on any atom is -0.336 e. The zero-order valence-electron chi connectivity index (χ0n) is 13.4. The first kappa shape index (κ1) is 16.5. The van der Waals surface area contributed by atoms with Crippen molar-refractivity contribution in [3.63, 3.8) is 0 Å². The van der Waals surface area contributed by atoms with Crippen molar-refractivity contribution < 1.29 is 4.79 Å². The van der Waals surface area contributed by atoms with Gasteiger partial charge in [0.25, 0.3) is 5.91 Å². The van der Waals surface area contributed by atoms with E-state index >= 15 is 0 Å².